The Labute approximate surface area is 265 Å². The molecule has 0 unspecified atom stereocenters. The molecule has 3 aliphatic rings. The van der Waals surface area contributed by atoms with E-state index >= 15 is 0 Å². The van der Waals surface area contributed by atoms with Crippen LogP contribution in [0.1, 0.15) is 62.7 Å². The van der Waals surface area contributed by atoms with Gasteiger partial charge >= 0.3 is 6.18 Å². The zero-order chi connectivity index (χ0) is 32.3. The normalized spacial score (nSPS) is 21.6. The Morgan fingerprint density at radius 3 is 2.46 bits per heavy atom. The summed E-state index contributed by atoms with van der Waals surface area (Å²) in [5.74, 6) is 0.457. The van der Waals surface area contributed by atoms with Crippen LogP contribution in [-0.4, -0.2) is 87.0 Å². The second-order valence-corrected chi connectivity index (χ2v) is 12.1. The molecule has 0 bridgehead atoms. The van der Waals surface area contributed by atoms with Crippen LogP contribution < -0.4 is 10.1 Å². The van der Waals surface area contributed by atoms with Gasteiger partial charge in [-0.3, -0.25) is 14.4 Å². The Balaban J connectivity index is 1.13. The van der Waals surface area contributed by atoms with Gasteiger partial charge in [0.1, 0.15) is 17.9 Å². The molecule has 1 saturated carbocycles. The molecule has 3 aromatic rings. The summed E-state index contributed by atoms with van der Waals surface area (Å²) in [6.07, 6.45) is 4.06. The minimum atomic E-state index is -4.66. The van der Waals surface area contributed by atoms with Crippen LogP contribution in [0.25, 0.3) is 11.1 Å². The van der Waals surface area contributed by atoms with Crippen molar-refractivity contribution in [2.45, 2.75) is 69.8 Å². The van der Waals surface area contributed by atoms with E-state index in [1.165, 1.54) is 23.3 Å². The van der Waals surface area contributed by atoms with Crippen molar-refractivity contribution in [1.29, 1.82) is 5.26 Å². The summed E-state index contributed by atoms with van der Waals surface area (Å²) >= 11 is 0. The van der Waals surface area contributed by atoms with Gasteiger partial charge in [-0.1, -0.05) is 6.07 Å². The molecule has 6 rings (SSSR count). The molecule has 2 aliphatic heterocycles. The summed E-state index contributed by atoms with van der Waals surface area (Å²) in [7, 11) is 0. The third kappa shape index (κ3) is 7.26. The summed E-state index contributed by atoms with van der Waals surface area (Å²) in [5.41, 5.74) is 0.394. The van der Waals surface area contributed by atoms with E-state index in [1.807, 2.05) is 6.92 Å². The Kier molecular flexibility index (Phi) is 9.42. The maximum absolute atomic E-state index is 14.0. The van der Waals surface area contributed by atoms with E-state index in [9.17, 15) is 23.2 Å². The van der Waals surface area contributed by atoms with Crippen LogP contribution in [-0.2, 0) is 15.7 Å². The van der Waals surface area contributed by atoms with E-state index in [2.05, 4.69) is 31.4 Å². The van der Waals surface area contributed by atoms with E-state index in [4.69, 9.17) is 9.47 Å². The number of nitrogens with one attached hydrogen (secondary N) is 1. The van der Waals surface area contributed by atoms with Crippen LogP contribution in [0.2, 0.25) is 0 Å². The largest absolute Gasteiger partial charge is 0.487 e. The van der Waals surface area contributed by atoms with Crippen LogP contribution in [0.4, 0.5) is 24.8 Å². The van der Waals surface area contributed by atoms with E-state index in [0.717, 1.165) is 58.4 Å². The molecule has 46 heavy (non-hydrogen) atoms. The molecule has 1 aliphatic carbocycles. The molecule has 2 saturated heterocycles. The quantitative estimate of drug-likeness (QED) is 0.338. The SMILES string of the molecule is C[C@@H](CN1CCCC1=O)Oc1cc(-c2cnc(Nc3cn(C4CCC(N5CCOCC5)CC4)nc3C(F)(F)F)nc2)ccc1C#N. The third-order valence-corrected chi connectivity index (χ3v) is 8.91. The predicted molar refractivity (Wildman–Crippen MR) is 162 cm³/mol. The van der Waals surface area contributed by atoms with Crippen LogP contribution in [0.3, 0.4) is 0 Å². The highest BCUT2D eigenvalue weighted by atomic mass is 19.4. The van der Waals surface area contributed by atoms with E-state index < -0.39 is 11.9 Å². The molecule has 1 amide bonds. The zero-order valence-electron chi connectivity index (χ0n) is 25.7. The number of amides is 1. The van der Waals surface area contributed by atoms with Gasteiger partial charge in [0.05, 0.1) is 37.1 Å². The summed E-state index contributed by atoms with van der Waals surface area (Å²) in [5, 5.41) is 16.3. The minimum Gasteiger partial charge on any atom is -0.487 e. The van der Waals surface area contributed by atoms with Crippen molar-refractivity contribution in [3.63, 3.8) is 0 Å². The van der Waals surface area contributed by atoms with Gasteiger partial charge in [-0.2, -0.15) is 23.5 Å². The highest BCUT2D eigenvalue weighted by molar-refractivity contribution is 5.78. The molecule has 0 spiro atoms. The fourth-order valence-corrected chi connectivity index (χ4v) is 6.53. The number of carbonyl (C=O) groups is 1. The van der Waals surface area contributed by atoms with Crippen LogP contribution in [0.5, 0.6) is 5.75 Å². The Morgan fingerprint density at radius 1 is 1.09 bits per heavy atom. The van der Waals surface area contributed by atoms with Gasteiger partial charge in [-0.15, -0.1) is 0 Å². The topological polar surface area (TPSA) is 121 Å². The number of rotatable bonds is 9. The molecular formula is C32H37F3N8O3. The fraction of sp³-hybridized carbons (Fsp3) is 0.531. The first-order valence-corrected chi connectivity index (χ1v) is 15.7. The monoisotopic (exact) mass is 638 g/mol. The summed E-state index contributed by atoms with van der Waals surface area (Å²) in [6.45, 7) is 6.18. The van der Waals surface area contributed by atoms with Crippen LogP contribution in [0.15, 0.2) is 36.8 Å². The first-order chi connectivity index (χ1) is 22.2. The van der Waals surface area contributed by atoms with Crippen molar-refractivity contribution in [2.24, 2.45) is 0 Å². The third-order valence-electron chi connectivity index (χ3n) is 8.91. The number of hydrogen-bond donors (Lipinski definition) is 1. The van der Waals surface area contributed by atoms with Gasteiger partial charge in [0.15, 0.2) is 5.69 Å². The number of nitriles is 1. The number of anilines is 2. The van der Waals surface area contributed by atoms with Gasteiger partial charge in [-0.25, -0.2) is 9.97 Å². The molecule has 1 N–H and O–H groups in total. The number of ether oxygens (including phenoxy) is 2. The summed E-state index contributed by atoms with van der Waals surface area (Å²) < 4.78 is 55.0. The van der Waals surface area contributed by atoms with Crippen molar-refractivity contribution in [3.8, 4) is 22.9 Å². The lowest BCUT2D eigenvalue weighted by molar-refractivity contribution is -0.141. The first-order valence-electron chi connectivity index (χ1n) is 15.7. The van der Waals surface area contributed by atoms with E-state index in [-0.39, 0.29) is 29.7 Å². The molecule has 1 aromatic carbocycles. The highest BCUT2D eigenvalue weighted by Gasteiger charge is 2.39. The Hall–Kier alpha value is -4.22. The van der Waals surface area contributed by atoms with Crippen molar-refractivity contribution in [3.05, 3.63) is 48.0 Å². The molecule has 14 heteroatoms. The highest BCUT2D eigenvalue weighted by Crippen LogP contribution is 2.38. The van der Waals surface area contributed by atoms with Gasteiger partial charge in [-0.05, 0) is 56.7 Å². The lowest BCUT2D eigenvalue weighted by Crippen LogP contribution is -2.45. The Morgan fingerprint density at radius 2 is 1.80 bits per heavy atom. The first kappa shape index (κ1) is 31.7. The molecule has 3 fully saturated rings. The number of likely N-dealkylation sites (tertiary alicyclic amines) is 1. The lowest BCUT2D eigenvalue weighted by Gasteiger charge is -2.38. The molecule has 4 heterocycles. The van der Waals surface area contributed by atoms with Crippen molar-refractivity contribution >= 4 is 17.5 Å². The Bertz CT molecular complexity index is 1560. The number of hydrogen-bond acceptors (Lipinski definition) is 9. The smallest absolute Gasteiger partial charge is 0.437 e. The second kappa shape index (κ2) is 13.6. The number of morpholine rings is 1. The maximum Gasteiger partial charge on any atom is 0.437 e. The standard InChI is InChI=1S/C32H37F3N8O3/c1-21(19-42-10-2-3-29(42)44)46-28-15-22(4-5-23(28)16-36)24-17-37-31(38-18-24)39-27-20-43(40-30(27)32(33,34)35)26-8-6-25(7-9-26)41-11-13-45-14-12-41/h4-5,15,17-18,20-21,25-26H,2-3,6-14,19H2,1H3,(H,37,38,39)/t21-,25?,26?/m0/s1. The minimum absolute atomic E-state index is 0.00107. The molecule has 1 atom stereocenters. The van der Waals surface area contributed by atoms with Gasteiger partial charge in [0, 0.05) is 56.3 Å². The number of halogens is 3. The average molecular weight is 639 g/mol. The number of aromatic nitrogens is 4. The molecule has 244 valence electrons. The van der Waals surface area contributed by atoms with Crippen LogP contribution >= 0.6 is 0 Å². The summed E-state index contributed by atoms with van der Waals surface area (Å²) in [6, 6.07) is 7.48. The predicted octanol–water partition coefficient (Wildman–Crippen LogP) is 5.18. The summed E-state index contributed by atoms with van der Waals surface area (Å²) in [4.78, 5) is 24.7. The maximum atomic E-state index is 14.0. The molecule has 2 aromatic heterocycles. The van der Waals surface area contributed by atoms with E-state index in [1.54, 1.807) is 23.1 Å². The lowest BCUT2D eigenvalue weighted by atomic mass is 9.90. The van der Waals surface area contributed by atoms with Gasteiger partial charge in [0.25, 0.3) is 0 Å². The molecule has 0 radical (unpaired) electrons. The molecule has 11 nitrogen and oxygen atoms in total. The van der Waals surface area contributed by atoms with Crippen molar-refractivity contribution < 1.29 is 27.4 Å². The van der Waals surface area contributed by atoms with Gasteiger partial charge < -0.3 is 19.7 Å². The number of carbonyl (C=O) groups excluding carboxylic acids is 1. The van der Waals surface area contributed by atoms with E-state index in [0.29, 0.717) is 48.0 Å². The van der Waals surface area contributed by atoms with Gasteiger partial charge in [0.2, 0.25) is 11.9 Å². The number of benzene rings is 1. The fourth-order valence-electron chi connectivity index (χ4n) is 6.53. The van der Waals surface area contributed by atoms with Crippen molar-refractivity contribution in [2.75, 3.05) is 44.7 Å². The van der Waals surface area contributed by atoms with Crippen LogP contribution in [0, 0.1) is 11.3 Å². The van der Waals surface area contributed by atoms with Crippen molar-refractivity contribution in [1.82, 2.24) is 29.5 Å². The second-order valence-electron chi connectivity index (χ2n) is 12.1. The average Bonchev–Trinajstić information content (AvgIpc) is 3.67. The molecular weight excluding hydrogens is 601 g/mol. The zero-order valence-corrected chi connectivity index (χ0v) is 25.7. The number of alkyl halides is 3. The number of nitrogens with zero attached hydrogens (tertiary/aromatic N) is 7.